The average molecular weight is 309 g/mol. The van der Waals surface area contributed by atoms with Crippen molar-refractivity contribution >= 4 is 17.1 Å². The summed E-state index contributed by atoms with van der Waals surface area (Å²) in [6.07, 6.45) is 13.5. The van der Waals surface area contributed by atoms with Crippen LogP contribution in [0.4, 0.5) is 0 Å². The van der Waals surface area contributed by atoms with Crippen LogP contribution in [0.15, 0.2) is 5.38 Å². The summed E-state index contributed by atoms with van der Waals surface area (Å²) in [5.74, 6) is 0.296. The maximum absolute atomic E-state index is 11.5. The molecule has 0 unspecified atom stereocenters. The summed E-state index contributed by atoms with van der Waals surface area (Å²) in [7, 11) is 0. The van der Waals surface area contributed by atoms with Crippen molar-refractivity contribution < 1.29 is 4.79 Å². The van der Waals surface area contributed by atoms with E-state index in [0.29, 0.717) is 12.2 Å². The summed E-state index contributed by atoms with van der Waals surface area (Å²) >= 11 is 1.81. The van der Waals surface area contributed by atoms with Gasteiger partial charge in [-0.25, -0.2) is 0 Å². The van der Waals surface area contributed by atoms with Gasteiger partial charge in [0.1, 0.15) is 5.78 Å². The van der Waals surface area contributed by atoms with Gasteiger partial charge in [0.25, 0.3) is 0 Å². The molecule has 21 heavy (non-hydrogen) atoms. The van der Waals surface area contributed by atoms with Gasteiger partial charge in [-0.3, -0.25) is 4.79 Å². The lowest BCUT2D eigenvalue weighted by molar-refractivity contribution is -0.116. The van der Waals surface area contributed by atoms with Crippen LogP contribution in [-0.4, -0.2) is 5.78 Å². The molecule has 0 radical (unpaired) electrons. The molecule has 0 fully saturated rings. The monoisotopic (exact) mass is 308 g/mol. The molecule has 0 atom stereocenters. The van der Waals surface area contributed by atoms with E-state index in [9.17, 15) is 4.79 Å². The van der Waals surface area contributed by atoms with Crippen molar-refractivity contribution in [3.8, 4) is 0 Å². The number of aryl methyl sites for hydroxylation is 1. The molecule has 0 bridgehead atoms. The second-order valence-corrected chi connectivity index (χ2v) is 7.13. The molecule has 120 valence electrons. The maximum Gasteiger partial charge on any atom is 0.135 e. The molecule has 0 spiro atoms. The molecule has 0 aliphatic carbocycles. The molecule has 1 nitrogen and oxygen atoms in total. The third kappa shape index (κ3) is 7.26. The highest BCUT2D eigenvalue weighted by Gasteiger charge is 2.12. The summed E-state index contributed by atoms with van der Waals surface area (Å²) in [5, 5.41) is 2.32. The summed E-state index contributed by atoms with van der Waals surface area (Å²) in [5.41, 5.74) is 3.05. The zero-order chi connectivity index (χ0) is 15.5. The fraction of sp³-hybridized carbons (Fsp3) is 0.737. The van der Waals surface area contributed by atoms with Gasteiger partial charge < -0.3 is 0 Å². The molecule has 2 heteroatoms. The molecule has 1 aromatic heterocycles. The van der Waals surface area contributed by atoms with Crippen molar-refractivity contribution in [2.24, 2.45) is 0 Å². The largest absolute Gasteiger partial charge is 0.300 e. The Morgan fingerprint density at radius 1 is 0.952 bits per heavy atom. The maximum atomic E-state index is 11.5. The highest BCUT2D eigenvalue weighted by Crippen LogP contribution is 2.27. The fourth-order valence-corrected chi connectivity index (χ4v) is 4.03. The van der Waals surface area contributed by atoms with E-state index in [-0.39, 0.29) is 0 Å². The van der Waals surface area contributed by atoms with Crippen molar-refractivity contribution in [1.29, 1.82) is 0 Å². The van der Waals surface area contributed by atoms with E-state index in [0.717, 1.165) is 0 Å². The van der Waals surface area contributed by atoms with E-state index in [1.165, 1.54) is 80.2 Å². The van der Waals surface area contributed by atoms with Gasteiger partial charge in [0.15, 0.2) is 0 Å². The lowest BCUT2D eigenvalue weighted by Crippen LogP contribution is -2.00. The minimum atomic E-state index is 0.296. The van der Waals surface area contributed by atoms with E-state index >= 15 is 0 Å². The summed E-state index contributed by atoms with van der Waals surface area (Å²) in [6.45, 7) is 6.22. The molecule has 1 heterocycles. The van der Waals surface area contributed by atoms with Crippen LogP contribution in [-0.2, 0) is 24.1 Å². The van der Waals surface area contributed by atoms with Crippen LogP contribution < -0.4 is 0 Å². The second-order valence-electron chi connectivity index (χ2n) is 6.16. The highest BCUT2D eigenvalue weighted by atomic mass is 32.1. The number of thiophene rings is 1. The van der Waals surface area contributed by atoms with E-state index < -0.39 is 0 Å². The minimum Gasteiger partial charge on any atom is -0.300 e. The topological polar surface area (TPSA) is 17.1 Å². The standard InChI is InChI=1S/C19H32OS/c1-4-6-8-10-12-17-15-21-19(14-16(3)20)18(17)13-11-9-7-5-2/h15H,4-14H2,1-3H3. The molecule has 0 aliphatic heterocycles. The van der Waals surface area contributed by atoms with Gasteiger partial charge in [-0.15, -0.1) is 11.3 Å². The van der Waals surface area contributed by atoms with Crippen LogP contribution in [0.5, 0.6) is 0 Å². The molecule has 0 amide bonds. The van der Waals surface area contributed by atoms with Gasteiger partial charge in [-0.1, -0.05) is 52.4 Å². The average Bonchev–Trinajstić information content (AvgIpc) is 2.81. The molecule has 0 aliphatic rings. The Kier molecular flexibility index (Phi) is 9.65. The fourth-order valence-electron chi connectivity index (χ4n) is 2.82. The van der Waals surface area contributed by atoms with E-state index in [2.05, 4.69) is 19.2 Å². The first kappa shape index (κ1) is 18.4. The van der Waals surface area contributed by atoms with Crippen LogP contribution in [0.3, 0.4) is 0 Å². The van der Waals surface area contributed by atoms with Crippen LogP contribution in [0, 0.1) is 0 Å². The first-order valence-corrected chi connectivity index (χ1v) is 9.64. The van der Waals surface area contributed by atoms with Crippen LogP contribution in [0.25, 0.3) is 0 Å². The lowest BCUT2D eigenvalue weighted by atomic mass is 9.97. The van der Waals surface area contributed by atoms with Crippen molar-refractivity contribution in [2.45, 2.75) is 91.4 Å². The van der Waals surface area contributed by atoms with E-state index in [1.54, 1.807) is 6.92 Å². The number of carbonyl (C=O) groups excluding carboxylic acids is 1. The lowest BCUT2D eigenvalue weighted by Gasteiger charge is -2.07. The smallest absolute Gasteiger partial charge is 0.135 e. The Morgan fingerprint density at radius 3 is 2.14 bits per heavy atom. The Hall–Kier alpha value is -0.630. The molecule has 0 saturated carbocycles. The predicted molar refractivity (Wildman–Crippen MR) is 94.4 cm³/mol. The number of unbranched alkanes of at least 4 members (excludes halogenated alkanes) is 6. The van der Waals surface area contributed by atoms with E-state index in [4.69, 9.17) is 0 Å². The molecule has 1 rings (SSSR count). The Labute approximate surface area is 135 Å². The number of rotatable bonds is 12. The van der Waals surface area contributed by atoms with Gasteiger partial charge in [0.2, 0.25) is 0 Å². The molecule has 0 saturated heterocycles. The van der Waals surface area contributed by atoms with Crippen molar-refractivity contribution in [1.82, 2.24) is 0 Å². The van der Waals surface area contributed by atoms with Gasteiger partial charge in [-0.2, -0.15) is 0 Å². The summed E-state index contributed by atoms with van der Waals surface area (Å²) in [4.78, 5) is 12.8. The zero-order valence-electron chi connectivity index (χ0n) is 14.2. The van der Waals surface area contributed by atoms with Crippen LogP contribution >= 0.6 is 11.3 Å². The Morgan fingerprint density at radius 2 is 1.57 bits per heavy atom. The Bertz CT molecular complexity index is 406. The van der Waals surface area contributed by atoms with Gasteiger partial charge in [-0.05, 0) is 49.1 Å². The number of ketones is 1. The summed E-state index contributed by atoms with van der Waals surface area (Å²) in [6, 6.07) is 0. The molecule has 0 aromatic carbocycles. The van der Waals surface area contributed by atoms with Crippen LogP contribution in [0.2, 0.25) is 0 Å². The normalized spacial score (nSPS) is 11.0. The van der Waals surface area contributed by atoms with E-state index in [1.807, 2.05) is 11.3 Å². The molecule has 0 N–H and O–H groups in total. The predicted octanol–water partition coefficient (Wildman–Crippen LogP) is 6.13. The minimum absolute atomic E-state index is 0.296. The SMILES string of the molecule is CCCCCCc1csc(CC(C)=O)c1CCCCCC. The highest BCUT2D eigenvalue weighted by molar-refractivity contribution is 7.10. The second kappa shape index (κ2) is 11.0. The van der Waals surface area contributed by atoms with Gasteiger partial charge in [0.05, 0.1) is 0 Å². The van der Waals surface area contributed by atoms with Crippen molar-refractivity contribution in [3.63, 3.8) is 0 Å². The quantitative estimate of drug-likeness (QED) is 0.425. The van der Waals surface area contributed by atoms with Crippen molar-refractivity contribution in [3.05, 3.63) is 21.4 Å². The van der Waals surface area contributed by atoms with Gasteiger partial charge >= 0.3 is 0 Å². The third-order valence-electron chi connectivity index (χ3n) is 4.06. The number of carbonyl (C=O) groups is 1. The van der Waals surface area contributed by atoms with Gasteiger partial charge in [0, 0.05) is 11.3 Å². The number of Topliss-reactive ketones (excluding diaryl/α,β-unsaturated/α-hetero) is 1. The molecular weight excluding hydrogens is 276 g/mol. The number of hydrogen-bond acceptors (Lipinski definition) is 2. The Balaban J connectivity index is 2.62. The number of hydrogen-bond donors (Lipinski definition) is 0. The molecule has 1 aromatic rings. The van der Waals surface area contributed by atoms with Crippen molar-refractivity contribution in [2.75, 3.05) is 0 Å². The third-order valence-corrected chi connectivity index (χ3v) is 5.13. The zero-order valence-corrected chi connectivity index (χ0v) is 15.0. The first-order valence-electron chi connectivity index (χ1n) is 8.76. The first-order chi connectivity index (χ1) is 10.2. The summed E-state index contributed by atoms with van der Waals surface area (Å²) < 4.78 is 0. The molecular formula is C19H32OS. The van der Waals surface area contributed by atoms with Crippen LogP contribution in [0.1, 0.15) is 88.1 Å².